The fourth-order valence-corrected chi connectivity index (χ4v) is 2.15. The second-order valence-corrected chi connectivity index (χ2v) is 6.53. The highest BCUT2D eigenvalue weighted by molar-refractivity contribution is 5.84. The molecule has 2 amide bonds. The summed E-state index contributed by atoms with van der Waals surface area (Å²) in [6.07, 6.45) is 9.54. The van der Waals surface area contributed by atoms with Gasteiger partial charge in [-0.3, -0.25) is 9.59 Å². The highest BCUT2D eigenvalue weighted by Crippen LogP contribution is 2.03. The van der Waals surface area contributed by atoms with Crippen molar-refractivity contribution in [1.29, 1.82) is 0 Å². The van der Waals surface area contributed by atoms with Gasteiger partial charge in [0.25, 0.3) is 0 Å². The molecule has 0 aromatic heterocycles. The lowest BCUT2D eigenvalue weighted by Gasteiger charge is -2.03. The Morgan fingerprint density at radius 2 is 1.04 bits per heavy atom. The van der Waals surface area contributed by atoms with E-state index in [-0.39, 0.29) is 11.8 Å². The Morgan fingerprint density at radius 1 is 0.640 bits per heavy atom. The van der Waals surface area contributed by atoms with Gasteiger partial charge >= 0.3 is 0 Å². The molecule has 0 saturated carbocycles. The summed E-state index contributed by atoms with van der Waals surface area (Å²) in [7, 11) is 0. The number of amides is 2. The molecule has 144 valence electrons. The molecule has 6 heteroatoms. The van der Waals surface area contributed by atoms with Crippen molar-refractivity contribution < 1.29 is 9.59 Å². The van der Waals surface area contributed by atoms with E-state index >= 15 is 0 Å². The maximum Gasteiger partial charge on any atom is 0.240 e. The molecular weight excluding hydrogens is 316 g/mol. The molecular formula is C19H36N4O2. The minimum atomic E-state index is -0.0588. The molecule has 0 aromatic carbocycles. The van der Waals surface area contributed by atoms with Crippen molar-refractivity contribution in [3.63, 3.8) is 0 Å². The van der Waals surface area contributed by atoms with E-state index in [1.165, 1.54) is 0 Å². The lowest BCUT2D eigenvalue weighted by molar-refractivity contribution is -0.121. The Hall–Kier alpha value is -1.72. The van der Waals surface area contributed by atoms with Crippen LogP contribution in [0.15, 0.2) is 10.2 Å². The van der Waals surface area contributed by atoms with Gasteiger partial charge in [-0.25, -0.2) is 10.9 Å². The number of hydrogen-bond donors (Lipinski definition) is 2. The van der Waals surface area contributed by atoms with Crippen LogP contribution >= 0.6 is 0 Å². The van der Waals surface area contributed by atoms with Crippen LogP contribution < -0.4 is 10.9 Å². The van der Waals surface area contributed by atoms with Crippen LogP contribution in [0, 0.1) is 0 Å². The van der Waals surface area contributed by atoms with E-state index < -0.39 is 0 Å². The first-order valence-electron chi connectivity index (χ1n) is 9.63. The summed E-state index contributed by atoms with van der Waals surface area (Å²) in [5, 5.41) is 8.18. The van der Waals surface area contributed by atoms with E-state index in [1.54, 1.807) is 0 Å². The highest BCUT2D eigenvalue weighted by atomic mass is 16.2. The van der Waals surface area contributed by atoms with Crippen LogP contribution in [-0.2, 0) is 9.59 Å². The van der Waals surface area contributed by atoms with Gasteiger partial charge in [0.05, 0.1) is 0 Å². The van der Waals surface area contributed by atoms with E-state index in [2.05, 4.69) is 34.9 Å². The van der Waals surface area contributed by atoms with Crippen molar-refractivity contribution in [1.82, 2.24) is 10.9 Å². The minimum Gasteiger partial charge on any atom is -0.273 e. The van der Waals surface area contributed by atoms with Gasteiger partial charge < -0.3 is 0 Å². The van der Waals surface area contributed by atoms with Crippen LogP contribution in [0.3, 0.4) is 0 Å². The number of hydrogen-bond acceptors (Lipinski definition) is 4. The van der Waals surface area contributed by atoms with Crippen molar-refractivity contribution in [2.45, 2.75) is 98.3 Å². The molecule has 0 rings (SSSR count). The number of rotatable bonds is 14. The Labute approximate surface area is 152 Å². The van der Waals surface area contributed by atoms with Gasteiger partial charge in [-0.2, -0.15) is 10.2 Å². The molecule has 0 fully saturated rings. The van der Waals surface area contributed by atoms with E-state index in [4.69, 9.17) is 0 Å². The van der Waals surface area contributed by atoms with Crippen LogP contribution in [0.25, 0.3) is 0 Å². The lowest BCUT2D eigenvalue weighted by atomic mass is 10.1. The number of carbonyl (C=O) groups is 2. The molecule has 0 saturated heterocycles. The molecule has 6 nitrogen and oxygen atoms in total. The molecule has 0 radical (unpaired) electrons. The summed E-state index contributed by atoms with van der Waals surface area (Å²) in [5.41, 5.74) is 7.10. The molecule has 0 atom stereocenters. The monoisotopic (exact) mass is 352 g/mol. The second-order valence-electron chi connectivity index (χ2n) is 6.53. The Bertz CT molecular complexity index is 405. The molecule has 25 heavy (non-hydrogen) atoms. The third-order valence-corrected chi connectivity index (χ3v) is 3.83. The Morgan fingerprint density at radius 3 is 1.40 bits per heavy atom. The number of hydrazone groups is 2. The molecule has 0 heterocycles. The fraction of sp³-hybridized carbons (Fsp3) is 0.789. The number of nitrogens with zero attached hydrogens (tertiary/aromatic N) is 2. The second kappa shape index (κ2) is 15.8. The van der Waals surface area contributed by atoms with Crippen LogP contribution in [-0.4, -0.2) is 23.2 Å². The zero-order valence-electron chi connectivity index (χ0n) is 16.5. The zero-order chi connectivity index (χ0) is 18.9. The van der Waals surface area contributed by atoms with Gasteiger partial charge in [-0.15, -0.1) is 0 Å². The summed E-state index contributed by atoms with van der Waals surface area (Å²) in [6.45, 7) is 8.13. The Kier molecular flexibility index (Phi) is 14.7. The predicted octanol–water partition coefficient (Wildman–Crippen LogP) is 4.30. The average Bonchev–Trinajstić information content (AvgIpc) is 2.60. The summed E-state index contributed by atoms with van der Waals surface area (Å²) in [6, 6.07) is 0. The van der Waals surface area contributed by atoms with E-state index in [1.807, 2.05) is 13.8 Å². The van der Waals surface area contributed by atoms with E-state index in [0.717, 1.165) is 69.2 Å². The zero-order valence-corrected chi connectivity index (χ0v) is 16.5. The van der Waals surface area contributed by atoms with Gasteiger partial charge in [0, 0.05) is 24.3 Å². The summed E-state index contributed by atoms with van der Waals surface area (Å²) >= 11 is 0. The average molecular weight is 353 g/mol. The smallest absolute Gasteiger partial charge is 0.240 e. The maximum absolute atomic E-state index is 11.7. The van der Waals surface area contributed by atoms with E-state index in [0.29, 0.717) is 12.8 Å². The molecule has 2 N–H and O–H groups in total. The van der Waals surface area contributed by atoms with Gasteiger partial charge in [0.2, 0.25) is 11.8 Å². The lowest BCUT2D eigenvalue weighted by Crippen LogP contribution is -2.19. The van der Waals surface area contributed by atoms with Crippen LogP contribution in [0.4, 0.5) is 0 Å². The van der Waals surface area contributed by atoms with Crippen molar-refractivity contribution in [3.05, 3.63) is 0 Å². The van der Waals surface area contributed by atoms with Gasteiger partial charge in [-0.05, 0) is 52.4 Å². The molecule has 0 aromatic rings. The maximum atomic E-state index is 11.7. The molecule has 0 aliphatic heterocycles. The summed E-state index contributed by atoms with van der Waals surface area (Å²) < 4.78 is 0. The molecule has 0 bridgehead atoms. The van der Waals surface area contributed by atoms with Crippen molar-refractivity contribution in [2.75, 3.05) is 0 Å². The molecule has 0 unspecified atom stereocenters. The highest BCUT2D eigenvalue weighted by Gasteiger charge is 2.03. The minimum absolute atomic E-state index is 0.0588. The number of nitrogens with one attached hydrogen (secondary N) is 2. The standard InChI is InChI=1S/C19H36N4O2/c1-5-7-12-16(3)20-22-18(24)14-10-9-11-15-19(25)23-21-17(4)13-8-6-2/h5-15H2,1-4H3,(H,22,24)(H,23,25). The Balaban J connectivity index is 3.71. The van der Waals surface area contributed by atoms with Gasteiger partial charge in [0.15, 0.2) is 0 Å². The van der Waals surface area contributed by atoms with Crippen molar-refractivity contribution >= 4 is 23.2 Å². The van der Waals surface area contributed by atoms with Gasteiger partial charge in [0.1, 0.15) is 0 Å². The van der Waals surface area contributed by atoms with Crippen LogP contribution in [0.2, 0.25) is 0 Å². The first-order valence-corrected chi connectivity index (χ1v) is 9.63. The quantitative estimate of drug-likeness (QED) is 0.277. The third kappa shape index (κ3) is 15.5. The first-order chi connectivity index (χ1) is 12.0. The number of unbranched alkanes of at least 4 members (excludes halogenated alkanes) is 4. The molecule has 0 aliphatic carbocycles. The first kappa shape index (κ1) is 23.3. The van der Waals surface area contributed by atoms with Crippen molar-refractivity contribution in [3.8, 4) is 0 Å². The largest absolute Gasteiger partial charge is 0.273 e. The van der Waals surface area contributed by atoms with Crippen molar-refractivity contribution in [2.24, 2.45) is 10.2 Å². The fourth-order valence-electron chi connectivity index (χ4n) is 2.15. The molecule has 0 aliphatic rings. The number of carbonyl (C=O) groups excluding carboxylic acids is 2. The third-order valence-electron chi connectivity index (χ3n) is 3.83. The normalized spacial score (nSPS) is 12.2. The summed E-state index contributed by atoms with van der Waals surface area (Å²) in [5.74, 6) is -0.118. The predicted molar refractivity (Wildman–Crippen MR) is 105 cm³/mol. The van der Waals surface area contributed by atoms with E-state index in [9.17, 15) is 9.59 Å². The van der Waals surface area contributed by atoms with Crippen LogP contribution in [0.5, 0.6) is 0 Å². The SMILES string of the molecule is CCCCC(C)=NNC(=O)CCCCCC(=O)NN=C(C)CCCC. The van der Waals surface area contributed by atoms with Crippen LogP contribution in [0.1, 0.15) is 98.3 Å². The topological polar surface area (TPSA) is 82.9 Å². The summed E-state index contributed by atoms with van der Waals surface area (Å²) in [4.78, 5) is 23.3. The molecule has 0 spiro atoms. The van der Waals surface area contributed by atoms with Gasteiger partial charge in [-0.1, -0.05) is 33.1 Å².